The van der Waals surface area contributed by atoms with Crippen LogP contribution in [0.1, 0.15) is 168 Å². The summed E-state index contributed by atoms with van der Waals surface area (Å²) in [6.07, 6.45) is 28.1. The highest BCUT2D eigenvalue weighted by Gasteiger charge is 2.21. The maximum atomic E-state index is 11.9. The van der Waals surface area contributed by atoms with Gasteiger partial charge in [-0.3, -0.25) is 9.59 Å². The summed E-state index contributed by atoms with van der Waals surface area (Å²) in [4.78, 5) is 23.6. The fourth-order valence-electron chi connectivity index (χ4n) is 4.98. The topological polar surface area (TPSA) is 80.4 Å². The van der Waals surface area contributed by atoms with Gasteiger partial charge in [0.05, 0.1) is 5.92 Å². The molecule has 0 fully saturated rings. The van der Waals surface area contributed by atoms with E-state index in [4.69, 9.17) is 5.73 Å². The monoisotopic (exact) mass is 481 g/mol. The number of aliphatic carboxylic acids is 1. The Morgan fingerprint density at radius 3 is 1.12 bits per heavy atom. The first kappa shape index (κ1) is 32.9. The number of carboxylic acid groups (broad SMARTS) is 1. The lowest BCUT2D eigenvalue weighted by Gasteiger charge is -2.17. The highest BCUT2D eigenvalue weighted by atomic mass is 16.4. The highest BCUT2D eigenvalue weighted by molar-refractivity contribution is 5.76. The van der Waals surface area contributed by atoms with E-state index in [-0.39, 0.29) is 17.7 Å². The van der Waals surface area contributed by atoms with Crippen molar-refractivity contribution in [3.8, 4) is 0 Å². The normalized spacial score (nSPS) is 13.1. The zero-order valence-electron chi connectivity index (χ0n) is 23.0. The fourth-order valence-corrected chi connectivity index (χ4v) is 4.98. The predicted molar refractivity (Wildman–Crippen MR) is 146 cm³/mol. The van der Waals surface area contributed by atoms with E-state index in [9.17, 15) is 14.7 Å². The molecule has 3 N–H and O–H groups in total. The second-order valence-corrected chi connectivity index (χ2v) is 10.7. The first-order valence-corrected chi connectivity index (χ1v) is 15.0. The van der Waals surface area contributed by atoms with Crippen LogP contribution in [-0.4, -0.2) is 17.0 Å². The number of hydrogen-bond donors (Lipinski definition) is 2. The number of rotatable bonds is 27. The van der Waals surface area contributed by atoms with Crippen LogP contribution in [0.3, 0.4) is 0 Å². The van der Waals surface area contributed by atoms with E-state index in [2.05, 4.69) is 13.8 Å². The summed E-state index contributed by atoms with van der Waals surface area (Å²) in [6.45, 7) is 4.50. The van der Waals surface area contributed by atoms with Crippen LogP contribution < -0.4 is 5.73 Å². The standard InChI is InChI=1S/C30H59NO3/c1-3-5-7-9-11-13-15-17-19-21-23-27(29(31)32)25-26-28(30(33)34)24-22-20-18-16-14-12-10-8-6-4-2/h27-28H,3-26H2,1-2H3,(H2,31,32)(H,33,34). The van der Waals surface area contributed by atoms with Crippen LogP contribution in [0.15, 0.2) is 0 Å². The summed E-state index contributed by atoms with van der Waals surface area (Å²) in [7, 11) is 0. The number of hydrogen-bond acceptors (Lipinski definition) is 2. The molecule has 0 radical (unpaired) electrons. The predicted octanol–water partition coefficient (Wildman–Crippen LogP) is 9.19. The van der Waals surface area contributed by atoms with Crippen LogP contribution in [0.4, 0.5) is 0 Å². The highest BCUT2D eigenvalue weighted by Crippen LogP contribution is 2.23. The molecule has 0 aliphatic rings. The molecule has 0 saturated heterocycles. The first-order valence-electron chi connectivity index (χ1n) is 15.0. The van der Waals surface area contributed by atoms with Crippen LogP contribution in [-0.2, 0) is 9.59 Å². The molecule has 0 aromatic heterocycles. The summed E-state index contributed by atoms with van der Waals surface area (Å²) in [5.74, 6) is -1.45. The zero-order chi connectivity index (χ0) is 25.3. The Balaban J connectivity index is 3.89. The number of carbonyl (C=O) groups is 2. The van der Waals surface area contributed by atoms with Gasteiger partial charge in [0.1, 0.15) is 0 Å². The van der Waals surface area contributed by atoms with Crippen LogP contribution in [0.5, 0.6) is 0 Å². The van der Waals surface area contributed by atoms with Gasteiger partial charge in [0.25, 0.3) is 0 Å². The number of primary amides is 1. The van der Waals surface area contributed by atoms with E-state index < -0.39 is 5.97 Å². The Kier molecular flexibility index (Phi) is 24.3. The third kappa shape index (κ3) is 21.5. The SMILES string of the molecule is CCCCCCCCCCCCC(CCC(CCCCCCCCCCCC)C(=O)O)C(N)=O. The molecule has 0 heterocycles. The molecule has 2 unspecified atom stereocenters. The molecule has 0 aliphatic heterocycles. The second kappa shape index (κ2) is 25.0. The molecule has 2 atom stereocenters. The minimum atomic E-state index is -0.710. The Hall–Kier alpha value is -1.06. The minimum Gasteiger partial charge on any atom is -0.481 e. The van der Waals surface area contributed by atoms with Gasteiger partial charge >= 0.3 is 5.97 Å². The number of carbonyl (C=O) groups excluding carboxylic acids is 1. The molecule has 0 spiro atoms. The van der Waals surface area contributed by atoms with E-state index in [0.29, 0.717) is 12.8 Å². The van der Waals surface area contributed by atoms with Crippen LogP contribution >= 0.6 is 0 Å². The molecule has 34 heavy (non-hydrogen) atoms. The number of nitrogens with two attached hydrogens (primary N) is 1. The first-order chi connectivity index (χ1) is 16.5. The van der Waals surface area contributed by atoms with Gasteiger partial charge in [-0.2, -0.15) is 0 Å². The van der Waals surface area contributed by atoms with Crippen molar-refractivity contribution < 1.29 is 14.7 Å². The molecule has 0 saturated carbocycles. The quantitative estimate of drug-likeness (QED) is 0.115. The smallest absolute Gasteiger partial charge is 0.306 e. The van der Waals surface area contributed by atoms with E-state index in [1.807, 2.05) is 0 Å². The summed E-state index contributed by atoms with van der Waals surface area (Å²) < 4.78 is 0. The minimum absolute atomic E-state index is 0.163. The van der Waals surface area contributed by atoms with Gasteiger partial charge in [-0.25, -0.2) is 0 Å². The number of carboxylic acids is 1. The molecule has 4 heteroatoms. The van der Waals surface area contributed by atoms with Crippen LogP contribution in [0, 0.1) is 11.8 Å². The molecule has 202 valence electrons. The van der Waals surface area contributed by atoms with Gasteiger partial charge in [0.2, 0.25) is 5.91 Å². The summed E-state index contributed by atoms with van der Waals surface area (Å²) in [5.41, 5.74) is 5.64. The molecular weight excluding hydrogens is 422 g/mol. The molecule has 0 aliphatic carbocycles. The Morgan fingerprint density at radius 2 is 0.794 bits per heavy atom. The van der Waals surface area contributed by atoms with Crippen molar-refractivity contribution in [2.75, 3.05) is 0 Å². The molecule has 0 aromatic rings. The lowest BCUT2D eigenvalue weighted by atomic mass is 9.88. The van der Waals surface area contributed by atoms with Gasteiger partial charge < -0.3 is 10.8 Å². The maximum absolute atomic E-state index is 11.9. The average molecular weight is 482 g/mol. The van der Waals surface area contributed by atoms with Crippen LogP contribution in [0.25, 0.3) is 0 Å². The van der Waals surface area contributed by atoms with Gasteiger partial charge in [-0.05, 0) is 25.7 Å². The third-order valence-electron chi connectivity index (χ3n) is 7.43. The van der Waals surface area contributed by atoms with Gasteiger partial charge in [0.15, 0.2) is 0 Å². The van der Waals surface area contributed by atoms with Crippen molar-refractivity contribution >= 4 is 11.9 Å². The van der Waals surface area contributed by atoms with Gasteiger partial charge in [-0.1, -0.05) is 142 Å². The van der Waals surface area contributed by atoms with Crippen molar-refractivity contribution in [3.63, 3.8) is 0 Å². The molecule has 1 amide bonds. The molecule has 0 bridgehead atoms. The number of amides is 1. The van der Waals surface area contributed by atoms with Gasteiger partial charge in [0, 0.05) is 5.92 Å². The van der Waals surface area contributed by atoms with Crippen LogP contribution in [0.2, 0.25) is 0 Å². The Bertz CT molecular complexity index is 424. The third-order valence-corrected chi connectivity index (χ3v) is 7.43. The molecule has 0 aromatic carbocycles. The van der Waals surface area contributed by atoms with E-state index in [1.165, 1.54) is 103 Å². The Morgan fingerprint density at radius 1 is 0.500 bits per heavy atom. The van der Waals surface area contributed by atoms with Gasteiger partial charge in [-0.15, -0.1) is 0 Å². The molecular formula is C30H59NO3. The number of unbranched alkanes of at least 4 members (excludes halogenated alkanes) is 18. The van der Waals surface area contributed by atoms with E-state index >= 15 is 0 Å². The van der Waals surface area contributed by atoms with E-state index in [1.54, 1.807) is 0 Å². The second-order valence-electron chi connectivity index (χ2n) is 10.7. The van der Waals surface area contributed by atoms with Crippen molar-refractivity contribution in [1.82, 2.24) is 0 Å². The zero-order valence-corrected chi connectivity index (χ0v) is 23.0. The van der Waals surface area contributed by atoms with Crippen molar-refractivity contribution in [2.24, 2.45) is 17.6 Å². The van der Waals surface area contributed by atoms with E-state index in [0.717, 1.165) is 38.5 Å². The average Bonchev–Trinajstić information content (AvgIpc) is 2.81. The molecule has 4 nitrogen and oxygen atoms in total. The largest absolute Gasteiger partial charge is 0.481 e. The van der Waals surface area contributed by atoms with Crippen molar-refractivity contribution in [2.45, 2.75) is 168 Å². The lowest BCUT2D eigenvalue weighted by Crippen LogP contribution is -2.25. The lowest BCUT2D eigenvalue weighted by molar-refractivity contribution is -0.142. The summed E-state index contributed by atoms with van der Waals surface area (Å²) in [5, 5.41) is 9.62. The Labute approximate surface area is 212 Å². The summed E-state index contributed by atoms with van der Waals surface area (Å²) >= 11 is 0. The molecule has 0 rings (SSSR count). The summed E-state index contributed by atoms with van der Waals surface area (Å²) in [6, 6.07) is 0. The van der Waals surface area contributed by atoms with Crippen molar-refractivity contribution in [3.05, 3.63) is 0 Å². The fraction of sp³-hybridized carbons (Fsp3) is 0.933. The van der Waals surface area contributed by atoms with Crippen molar-refractivity contribution in [1.29, 1.82) is 0 Å². The maximum Gasteiger partial charge on any atom is 0.306 e.